The Kier molecular flexibility index (Phi) is 7.23. The van der Waals surface area contributed by atoms with E-state index in [0.29, 0.717) is 23.4 Å². The number of rotatable bonds is 6. The molecular weight excluding hydrogens is 410 g/mol. The van der Waals surface area contributed by atoms with Gasteiger partial charge in [-0.15, -0.1) is 0 Å². The maximum absolute atomic E-state index is 12.7. The molecular formula is C24H34N3O3S+. The third-order valence-corrected chi connectivity index (χ3v) is 7.86. The van der Waals surface area contributed by atoms with Crippen LogP contribution in [-0.4, -0.2) is 58.0 Å². The van der Waals surface area contributed by atoms with Crippen LogP contribution in [-0.2, 0) is 21.3 Å². The Bertz CT molecular complexity index is 911. The molecule has 2 saturated heterocycles. The average molecular weight is 445 g/mol. The number of aromatic nitrogens is 1. The van der Waals surface area contributed by atoms with E-state index in [2.05, 4.69) is 4.98 Å². The summed E-state index contributed by atoms with van der Waals surface area (Å²) in [6.45, 7) is 8.03. The van der Waals surface area contributed by atoms with E-state index in [1.54, 1.807) is 4.90 Å². The van der Waals surface area contributed by atoms with Gasteiger partial charge in [-0.05, 0) is 45.2 Å². The summed E-state index contributed by atoms with van der Waals surface area (Å²) in [5.74, 6) is 1.53. The SMILES string of the molecule is Cc1ccc(-c2nc(CS(=O)CC(=O)N3CCC([NH+]4CCCCC4)CC3)c(C)o2)cc1. The van der Waals surface area contributed by atoms with Crippen LogP contribution in [0.15, 0.2) is 28.7 Å². The fourth-order valence-electron chi connectivity index (χ4n) is 4.77. The van der Waals surface area contributed by atoms with Crippen molar-refractivity contribution in [1.82, 2.24) is 9.88 Å². The maximum Gasteiger partial charge on any atom is 0.235 e. The van der Waals surface area contributed by atoms with Gasteiger partial charge in [-0.25, -0.2) is 4.98 Å². The molecule has 6 nitrogen and oxygen atoms in total. The van der Waals surface area contributed by atoms with E-state index in [1.165, 1.54) is 37.9 Å². The number of carbonyl (C=O) groups is 1. The molecule has 1 aromatic heterocycles. The lowest BCUT2D eigenvalue weighted by Gasteiger charge is -2.37. The first-order chi connectivity index (χ1) is 15.0. The van der Waals surface area contributed by atoms with Crippen LogP contribution in [0.4, 0.5) is 0 Å². The molecule has 2 aliphatic heterocycles. The zero-order valence-electron chi connectivity index (χ0n) is 18.7. The Hall–Kier alpha value is -1.99. The largest absolute Gasteiger partial charge is 0.441 e. The Morgan fingerprint density at radius 2 is 1.81 bits per heavy atom. The second-order valence-corrected chi connectivity index (χ2v) is 10.4. The monoisotopic (exact) mass is 444 g/mol. The third-order valence-electron chi connectivity index (χ3n) is 6.69. The lowest BCUT2D eigenvalue weighted by molar-refractivity contribution is -0.931. The summed E-state index contributed by atoms with van der Waals surface area (Å²) in [7, 11) is -1.29. The van der Waals surface area contributed by atoms with Gasteiger partial charge in [0.15, 0.2) is 0 Å². The van der Waals surface area contributed by atoms with Gasteiger partial charge in [-0.2, -0.15) is 0 Å². The fourth-order valence-corrected chi connectivity index (χ4v) is 5.90. The summed E-state index contributed by atoms with van der Waals surface area (Å²) in [5.41, 5.74) is 2.75. The molecule has 2 aliphatic rings. The molecule has 168 valence electrons. The second-order valence-electron chi connectivity index (χ2n) is 8.99. The van der Waals surface area contributed by atoms with Gasteiger partial charge in [-0.1, -0.05) is 17.7 Å². The van der Waals surface area contributed by atoms with E-state index in [0.717, 1.165) is 31.5 Å². The predicted octanol–water partition coefficient (Wildman–Crippen LogP) is 2.27. The van der Waals surface area contributed by atoms with Crippen molar-refractivity contribution in [1.29, 1.82) is 0 Å². The van der Waals surface area contributed by atoms with Crippen molar-refractivity contribution in [2.75, 3.05) is 31.9 Å². The number of amides is 1. The number of aryl methyl sites for hydroxylation is 2. The van der Waals surface area contributed by atoms with Crippen molar-refractivity contribution in [3.05, 3.63) is 41.3 Å². The van der Waals surface area contributed by atoms with Gasteiger partial charge < -0.3 is 14.2 Å². The van der Waals surface area contributed by atoms with Crippen LogP contribution in [0.3, 0.4) is 0 Å². The van der Waals surface area contributed by atoms with Gasteiger partial charge in [0, 0.05) is 42.3 Å². The molecule has 2 aromatic rings. The van der Waals surface area contributed by atoms with E-state index in [9.17, 15) is 9.00 Å². The number of oxazole rings is 1. The Morgan fingerprint density at radius 3 is 2.48 bits per heavy atom. The number of nitrogens with zero attached hydrogens (tertiary/aromatic N) is 2. The van der Waals surface area contributed by atoms with Crippen LogP contribution < -0.4 is 4.90 Å². The van der Waals surface area contributed by atoms with E-state index in [1.807, 2.05) is 43.0 Å². The Labute approximate surface area is 187 Å². The quantitative estimate of drug-likeness (QED) is 0.742. The zero-order valence-corrected chi connectivity index (χ0v) is 19.5. The summed E-state index contributed by atoms with van der Waals surface area (Å²) < 4.78 is 18.5. The van der Waals surface area contributed by atoms with Gasteiger partial charge >= 0.3 is 0 Å². The van der Waals surface area contributed by atoms with E-state index in [-0.39, 0.29) is 17.4 Å². The number of likely N-dealkylation sites (tertiary alicyclic amines) is 2. The highest BCUT2D eigenvalue weighted by atomic mass is 32.2. The Balaban J connectivity index is 1.28. The van der Waals surface area contributed by atoms with Crippen LogP contribution in [0.1, 0.15) is 49.1 Å². The first kappa shape index (κ1) is 22.2. The normalized spacial score (nSPS) is 19.5. The van der Waals surface area contributed by atoms with Crippen molar-refractivity contribution in [2.24, 2.45) is 0 Å². The van der Waals surface area contributed by atoms with Gasteiger partial charge in [0.25, 0.3) is 0 Å². The highest BCUT2D eigenvalue weighted by Crippen LogP contribution is 2.23. The first-order valence-corrected chi connectivity index (χ1v) is 13.0. The van der Waals surface area contributed by atoms with Crippen molar-refractivity contribution in [2.45, 2.75) is 57.7 Å². The molecule has 1 aromatic carbocycles. The van der Waals surface area contributed by atoms with Crippen molar-refractivity contribution >= 4 is 16.7 Å². The molecule has 4 rings (SSSR count). The van der Waals surface area contributed by atoms with E-state index in [4.69, 9.17) is 4.42 Å². The number of hydrogen-bond acceptors (Lipinski definition) is 4. The van der Waals surface area contributed by atoms with Crippen LogP contribution in [0, 0.1) is 13.8 Å². The molecule has 7 heteroatoms. The summed E-state index contributed by atoms with van der Waals surface area (Å²) in [5, 5.41) is 0. The molecule has 3 heterocycles. The third kappa shape index (κ3) is 5.63. The summed E-state index contributed by atoms with van der Waals surface area (Å²) in [6, 6.07) is 8.66. The number of nitrogens with one attached hydrogen (secondary N) is 1. The number of benzene rings is 1. The molecule has 0 saturated carbocycles. The highest BCUT2D eigenvalue weighted by molar-refractivity contribution is 7.84. The number of carbonyl (C=O) groups excluding carboxylic acids is 1. The first-order valence-electron chi connectivity index (χ1n) is 11.5. The number of piperidine rings is 2. The van der Waals surface area contributed by atoms with Gasteiger partial charge in [0.1, 0.15) is 11.5 Å². The lowest BCUT2D eigenvalue weighted by atomic mass is 10.00. The van der Waals surface area contributed by atoms with Gasteiger partial charge in [-0.3, -0.25) is 9.00 Å². The van der Waals surface area contributed by atoms with Crippen molar-refractivity contribution < 1.29 is 18.3 Å². The fraction of sp³-hybridized carbons (Fsp3) is 0.583. The smallest absolute Gasteiger partial charge is 0.235 e. The van der Waals surface area contributed by atoms with E-state index >= 15 is 0 Å². The van der Waals surface area contributed by atoms with Crippen molar-refractivity contribution in [3.8, 4) is 11.5 Å². The summed E-state index contributed by atoms with van der Waals surface area (Å²) in [6.07, 6.45) is 6.16. The van der Waals surface area contributed by atoms with Crippen LogP contribution >= 0.6 is 0 Å². The summed E-state index contributed by atoms with van der Waals surface area (Å²) in [4.78, 5) is 20.9. The molecule has 0 spiro atoms. The molecule has 0 aliphatic carbocycles. The zero-order chi connectivity index (χ0) is 21.8. The topological polar surface area (TPSA) is 67.8 Å². The van der Waals surface area contributed by atoms with Crippen LogP contribution in [0.2, 0.25) is 0 Å². The summed E-state index contributed by atoms with van der Waals surface area (Å²) >= 11 is 0. The second kappa shape index (κ2) is 10.1. The molecule has 31 heavy (non-hydrogen) atoms. The molecule has 1 atom stereocenters. The number of quaternary nitrogens is 1. The molecule has 0 radical (unpaired) electrons. The lowest BCUT2D eigenvalue weighted by Crippen LogP contribution is -3.16. The highest BCUT2D eigenvalue weighted by Gasteiger charge is 2.30. The molecule has 1 N–H and O–H groups in total. The molecule has 2 fully saturated rings. The number of hydrogen-bond donors (Lipinski definition) is 1. The molecule has 0 bridgehead atoms. The van der Waals surface area contributed by atoms with E-state index < -0.39 is 10.8 Å². The standard InChI is InChI=1S/C24H33N3O3S/c1-18-6-8-20(9-7-18)24-25-22(19(2)30-24)16-31(29)17-23(28)27-14-10-21(11-15-27)26-12-4-3-5-13-26/h6-9,21H,3-5,10-17H2,1-2H3/p+1. The van der Waals surface area contributed by atoms with Crippen LogP contribution in [0.25, 0.3) is 11.5 Å². The molecule has 1 amide bonds. The van der Waals surface area contributed by atoms with Gasteiger partial charge in [0.05, 0.1) is 30.6 Å². The van der Waals surface area contributed by atoms with Crippen molar-refractivity contribution in [3.63, 3.8) is 0 Å². The molecule has 1 unspecified atom stereocenters. The van der Waals surface area contributed by atoms with Crippen LogP contribution in [0.5, 0.6) is 0 Å². The minimum absolute atomic E-state index is 0.00494. The predicted molar refractivity (Wildman–Crippen MR) is 122 cm³/mol. The average Bonchev–Trinajstić information content (AvgIpc) is 3.15. The minimum Gasteiger partial charge on any atom is -0.441 e. The minimum atomic E-state index is -1.29. The Morgan fingerprint density at radius 1 is 1.13 bits per heavy atom. The maximum atomic E-state index is 12.7. The van der Waals surface area contributed by atoms with Gasteiger partial charge in [0.2, 0.25) is 11.8 Å².